The number of nitrogens with one attached hydrogen (secondary N) is 1. The second kappa shape index (κ2) is 6.56. The Morgan fingerprint density at radius 3 is 2.83 bits per heavy atom. The molecule has 0 saturated carbocycles. The van der Waals surface area contributed by atoms with Crippen LogP contribution in [-0.4, -0.2) is 25.7 Å². The molecule has 0 fully saturated rings. The van der Waals surface area contributed by atoms with Gasteiger partial charge < -0.3 is 9.73 Å². The predicted octanol–water partition coefficient (Wildman–Crippen LogP) is 4.34. The second-order valence-corrected chi connectivity index (χ2v) is 6.81. The Morgan fingerprint density at radius 2 is 2.00 bits per heavy atom. The zero-order chi connectivity index (χ0) is 20.0. The van der Waals surface area contributed by atoms with Crippen LogP contribution in [0, 0.1) is 6.92 Å². The topological polar surface area (TPSA) is 85.8 Å². The quantitative estimate of drug-likeness (QED) is 0.501. The molecule has 0 aliphatic heterocycles. The summed E-state index contributed by atoms with van der Waals surface area (Å²) < 4.78 is 7.15. The Labute approximate surface area is 166 Å². The van der Waals surface area contributed by atoms with Gasteiger partial charge in [-0.25, -0.2) is 4.98 Å². The molecule has 7 nitrogen and oxygen atoms in total. The summed E-state index contributed by atoms with van der Waals surface area (Å²) in [6.45, 7) is 1.87. The highest BCUT2D eigenvalue weighted by Crippen LogP contribution is 2.28. The van der Waals surface area contributed by atoms with Crippen LogP contribution in [0.4, 0.5) is 5.69 Å². The molecular formula is C22H17N5O2. The molecule has 1 N–H and O–H groups in total. The number of amides is 1. The van der Waals surface area contributed by atoms with E-state index in [0.717, 1.165) is 16.6 Å². The van der Waals surface area contributed by atoms with Crippen molar-refractivity contribution in [1.82, 2.24) is 19.7 Å². The van der Waals surface area contributed by atoms with Gasteiger partial charge in [-0.05, 0) is 37.3 Å². The Bertz CT molecular complexity index is 1370. The molecule has 0 spiro atoms. The normalized spacial score (nSPS) is 11.2. The minimum Gasteiger partial charge on any atom is -0.463 e. The van der Waals surface area contributed by atoms with Crippen LogP contribution in [0.25, 0.3) is 33.4 Å². The van der Waals surface area contributed by atoms with E-state index in [-0.39, 0.29) is 5.91 Å². The van der Waals surface area contributed by atoms with Crippen molar-refractivity contribution >= 4 is 33.5 Å². The van der Waals surface area contributed by atoms with Gasteiger partial charge in [0.15, 0.2) is 11.4 Å². The Hall–Kier alpha value is -4.00. The van der Waals surface area contributed by atoms with E-state index < -0.39 is 0 Å². The van der Waals surface area contributed by atoms with Crippen molar-refractivity contribution in [3.05, 3.63) is 72.2 Å². The van der Waals surface area contributed by atoms with Gasteiger partial charge in [-0.2, -0.15) is 5.10 Å². The average Bonchev–Trinajstić information content (AvgIpc) is 3.36. The number of rotatable bonds is 3. The molecule has 0 radical (unpaired) electrons. The van der Waals surface area contributed by atoms with Gasteiger partial charge in [0, 0.05) is 12.4 Å². The number of carbonyl (C=O) groups is 1. The van der Waals surface area contributed by atoms with Gasteiger partial charge in [0.25, 0.3) is 5.91 Å². The average molecular weight is 383 g/mol. The molecule has 0 aliphatic carbocycles. The van der Waals surface area contributed by atoms with E-state index in [4.69, 9.17) is 4.42 Å². The summed E-state index contributed by atoms with van der Waals surface area (Å²) in [4.78, 5) is 22.3. The van der Waals surface area contributed by atoms with Crippen molar-refractivity contribution in [3.63, 3.8) is 0 Å². The second-order valence-electron chi connectivity index (χ2n) is 6.81. The molecule has 29 heavy (non-hydrogen) atoms. The largest absolute Gasteiger partial charge is 0.463 e. The summed E-state index contributed by atoms with van der Waals surface area (Å²) in [7, 11) is 1.81. The maximum Gasteiger partial charge on any atom is 0.256 e. The minimum atomic E-state index is -0.251. The molecule has 1 aromatic carbocycles. The lowest BCUT2D eigenvalue weighted by Gasteiger charge is -2.09. The lowest BCUT2D eigenvalue weighted by molar-refractivity contribution is 0.102. The minimum absolute atomic E-state index is 0.251. The zero-order valence-electron chi connectivity index (χ0n) is 15.9. The number of nitrogens with zero attached hydrogens (tertiary/aromatic N) is 4. The van der Waals surface area contributed by atoms with Crippen LogP contribution in [0.2, 0.25) is 0 Å². The third kappa shape index (κ3) is 2.93. The first-order chi connectivity index (χ1) is 14.1. The molecule has 0 bridgehead atoms. The molecule has 1 amide bonds. The van der Waals surface area contributed by atoms with Crippen molar-refractivity contribution < 1.29 is 9.21 Å². The van der Waals surface area contributed by atoms with E-state index in [1.165, 1.54) is 0 Å². The van der Waals surface area contributed by atoms with Crippen LogP contribution >= 0.6 is 0 Å². The predicted molar refractivity (Wildman–Crippen MR) is 111 cm³/mol. The summed E-state index contributed by atoms with van der Waals surface area (Å²) in [6, 6.07) is 15.0. The highest BCUT2D eigenvalue weighted by molar-refractivity contribution is 6.13. The molecule has 0 saturated heterocycles. The molecule has 0 aliphatic rings. The number of anilines is 1. The van der Waals surface area contributed by atoms with E-state index in [9.17, 15) is 4.79 Å². The number of hydrogen-bond acceptors (Lipinski definition) is 5. The molecule has 5 aromatic rings. The number of para-hydroxylation sites is 1. The number of aryl methyl sites for hydroxylation is 2. The van der Waals surface area contributed by atoms with Crippen LogP contribution in [0.5, 0.6) is 0 Å². The van der Waals surface area contributed by atoms with Crippen molar-refractivity contribution in [3.8, 4) is 11.5 Å². The fourth-order valence-electron chi connectivity index (χ4n) is 3.51. The van der Waals surface area contributed by atoms with E-state index in [1.807, 2.05) is 50.4 Å². The van der Waals surface area contributed by atoms with Crippen LogP contribution in [-0.2, 0) is 7.05 Å². The monoisotopic (exact) mass is 383 g/mol. The number of aromatic nitrogens is 4. The number of carbonyl (C=O) groups excluding carboxylic acids is 1. The van der Waals surface area contributed by atoms with Gasteiger partial charge in [0.2, 0.25) is 0 Å². The molecule has 0 atom stereocenters. The number of pyridine rings is 2. The van der Waals surface area contributed by atoms with Crippen molar-refractivity contribution in [2.24, 2.45) is 7.05 Å². The summed E-state index contributed by atoms with van der Waals surface area (Å²) in [5.74, 6) is 0.338. The lowest BCUT2D eigenvalue weighted by atomic mass is 10.1. The third-order valence-corrected chi connectivity index (χ3v) is 4.84. The van der Waals surface area contributed by atoms with E-state index in [1.54, 1.807) is 29.3 Å². The number of furan rings is 1. The number of benzene rings is 1. The fourth-order valence-corrected chi connectivity index (χ4v) is 3.51. The first-order valence-electron chi connectivity index (χ1n) is 9.14. The van der Waals surface area contributed by atoms with Crippen LogP contribution in [0.15, 0.2) is 65.4 Å². The third-order valence-electron chi connectivity index (χ3n) is 4.84. The first-order valence-corrected chi connectivity index (χ1v) is 9.14. The van der Waals surface area contributed by atoms with E-state index >= 15 is 0 Å². The Morgan fingerprint density at radius 1 is 1.14 bits per heavy atom. The molecule has 5 rings (SSSR count). The zero-order valence-corrected chi connectivity index (χ0v) is 15.9. The van der Waals surface area contributed by atoms with Crippen LogP contribution in [0.1, 0.15) is 16.1 Å². The molecule has 142 valence electrons. The fraction of sp³-hybridized carbons (Fsp3) is 0.0909. The first kappa shape index (κ1) is 17.1. The van der Waals surface area contributed by atoms with Gasteiger partial charge in [-0.1, -0.05) is 18.2 Å². The summed E-state index contributed by atoms with van der Waals surface area (Å²) in [5.41, 5.74) is 3.92. The summed E-state index contributed by atoms with van der Waals surface area (Å²) in [5, 5.41) is 9.06. The maximum absolute atomic E-state index is 13.2. The SMILES string of the molecule is Cc1nn(C)c2nc(-c3ccco3)cc(C(=O)Nc3cnc4ccccc4c3)c12. The van der Waals surface area contributed by atoms with Gasteiger partial charge in [-0.3, -0.25) is 14.5 Å². The van der Waals surface area contributed by atoms with Gasteiger partial charge in [0.1, 0.15) is 5.69 Å². The molecule has 7 heteroatoms. The molecule has 4 heterocycles. The Balaban J connectivity index is 1.61. The summed E-state index contributed by atoms with van der Waals surface area (Å²) in [6.07, 6.45) is 3.23. The molecule has 0 unspecified atom stereocenters. The lowest BCUT2D eigenvalue weighted by Crippen LogP contribution is -2.13. The molecular weight excluding hydrogens is 366 g/mol. The molecule has 4 aromatic heterocycles. The standard InChI is InChI=1S/C22H17N5O2/c1-13-20-16(11-18(19-8-5-9-29-19)25-21(20)27(2)26-13)22(28)24-15-10-14-6-3-4-7-17(14)23-12-15/h3-12H,1-2H3,(H,24,28). The Kier molecular flexibility index (Phi) is 3.87. The van der Waals surface area contributed by atoms with Crippen LogP contribution < -0.4 is 5.32 Å². The number of fused-ring (bicyclic) bond motifs is 2. The van der Waals surface area contributed by atoms with Gasteiger partial charge in [0.05, 0.1) is 40.3 Å². The summed E-state index contributed by atoms with van der Waals surface area (Å²) >= 11 is 0. The van der Waals surface area contributed by atoms with E-state index in [0.29, 0.717) is 33.7 Å². The highest BCUT2D eigenvalue weighted by Gasteiger charge is 2.20. The van der Waals surface area contributed by atoms with E-state index in [2.05, 4.69) is 20.4 Å². The van der Waals surface area contributed by atoms with Crippen molar-refractivity contribution in [2.45, 2.75) is 6.92 Å². The van der Waals surface area contributed by atoms with Gasteiger partial charge >= 0.3 is 0 Å². The highest BCUT2D eigenvalue weighted by atomic mass is 16.3. The smallest absolute Gasteiger partial charge is 0.256 e. The van der Waals surface area contributed by atoms with Crippen molar-refractivity contribution in [2.75, 3.05) is 5.32 Å². The van der Waals surface area contributed by atoms with Crippen LogP contribution in [0.3, 0.4) is 0 Å². The van der Waals surface area contributed by atoms with Gasteiger partial charge in [-0.15, -0.1) is 0 Å². The van der Waals surface area contributed by atoms with Crippen molar-refractivity contribution in [1.29, 1.82) is 0 Å². The maximum atomic E-state index is 13.2. The number of hydrogen-bond donors (Lipinski definition) is 1.